The minimum atomic E-state index is -4.08. The van der Waals surface area contributed by atoms with Gasteiger partial charge in [-0.3, -0.25) is 9.78 Å². The zero-order valence-corrected chi connectivity index (χ0v) is 15.2. The number of fused-ring (bicyclic) bond motifs is 1. The number of carbonyl (C=O) groups excluding carboxylic acids is 3. The minimum absolute atomic E-state index is 0.00804. The molecule has 1 aromatic rings. The van der Waals surface area contributed by atoms with Crippen molar-refractivity contribution in [3.63, 3.8) is 0 Å². The first-order valence-corrected chi connectivity index (χ1v) is 9.52. The van der Waals surface area contributed by atoms with Gasteiger partial charge in [-0.2, -0.15) is 0 Å². The maximum Gasteiger partial charge on any atom is 0.404 e. The van der Waals surface area contributed by atoms with Gasteiger partial charge in [0.15, 0.2) is 15.2 Å². The fraction of sp³-hybridized carbons (Fsp3) is 0.375. The SMILES string of the molecule is CC1(COC(N)=O)[C@H](C=O)N2C(=O)/C(=C/c3cc(CN)ccn3)C2S1(=O)=O. The number of β-lactam (4-membered cyclic amide) rings is 1. The van der Waals surface area contributed by atoms with E-state index in [0.717, 1.165) is 10.5 Å². The molecule has 2 amide bonds. The molecule has 2 aliphatic heterocycles. The fourth-order valence-corrected chi connectivity index (χ4v) is 5.60. The van der Waals surface area contributed by atoms with E-state index < -0.39 is 44.6 Å². The van der Waals surface area contributed by atoms with E-state index in [1.54, 1.807) is 12.1 Å². The minimum Gasteiger partial charge on any atom is -0.448 e. The van der Waals surface area contributed by atoms with Crippen LogP contribution < -0.4 is 11.5 Å². The summed E-state index contributed by atoms with van der Waals surface area (Å²) in [5, 5.41) is -1.31. The summed E-state index contributed by atoms with van der Waals surface area (Å²) in [4.78, 5) is 40.1. The molecule has 3 heterocycles. The summed E-state index contributed by atoms with van der Waals surface area (Å²) in [7, 11) is -4.08. The lowest BCUT2D eigenvalue weighted by Gasteiger charge is -2.37. The average molecular weight is 394 g/mol. The maximum atomic E-state index is 13.1. The molecule has 0 bridgehead atoms. The predicted molar refractivity (Wildman–Crippen MR) is 93.5 cm³/mol. The van der Waals surface area contributed by atoms with Crippen molar-refractivity contribution in [2.75, 3.05) is 6.61 Å². The zero-order chi connectivity index (χ0) is 20.0. The Balaban J connectivity index is 2.03. The predicted octanol–water partition coefficient (Wildman–Crippen LogP) is -1.06. The molecule has 144 valence electrons. The molecule has 1 aromatic heterocycles. The molecule has 2 unspecified atom stereocenters. The Kier molecular flexibility index (Phi) is 4.52. The van der Waals surface area contributed by atoms with Crippen molar-refractivity contribution < 1.29 is 27.5 Å². The maximum absolute atomic E-state index is 13.1. The number of hydrogen-bond acceptors (Lipinski definition) is 8. The summed E-state index contributed by atoms with van der Waals surface area (Å²) in [6, 6.07) is 2.04. The molecule has 2 aliphatic rings. The monoisotopic (exact) mass is 394 g/mol. The fourth-order valence-electron chi connectivity index (χ4n) is 3.34. The lowest BCUT2D eigenvalue weighted by atomic mass is 9.95. The number of ether oxygens (including phenoxy) is 1. The van der Waals surface area contributed by atoms with Crippen LogP contribution in [0.3, 0.4) is 0 Å². The lowest BCUT2D eigenvalue weighted by molar-refractivity contribution is -0.139. The number of aldehydes is 1. The second kappa shape index (κ2) is 6.43. The molecular formula is C16H18N4O6S. The van der Waals surface area contributed by atoms with Crippen LogP contribution in [0.1, 0.15) is 18.2 Å². The van der Waals surface area contributed by atoms with E-state index in [-0.39, 0.29) is 12.1 Å². The lowest BCUT2D eigenvalue weighted by Crippen LogP contribution is -2.57. The van der Waals surface area contributed by atoms with Gasteiger partial charge in [-0.15, -0.1) is 0 Å². The smallest absolute Gasteiger partial charge is 0.404 e. The van der Waals surface area contributed by atoms with Gasteiger partial charge in [0.05, 0.1) is 11.3 Å². The third kappa shape index (κ3) is 2.70. The first-order chi connectivity index (χ1) is 12.7. The van der Waals surface area contributed by atoms with Crippen LogP contribution in [0.15, 0.2) is 23.9 Å². The molecule has 3 atom stereocenters. The summed E-state index contributed by atoms with van der Waals surface area (Å²) in [5.41, 5.74) is 11.6. The largest absolute Gasteiger partial charge is 0.448 e. The molecular weight excluding hydrogens is 376 g/mol. The number of primary amides is 1. The molecule has 0 spiro atoms. The molecule has 4 N–H and O–H groups in total. The van der Waals surface area contributed by atoms with Crippen LogP contribution in [0.5, 0.6) is 0 Å². The van der Waals surface area contributed by atoms with E-state index in [4.69, 9.17) is 11.5 Å². The average Bonchev–Trinajstić information content (AvgIpc) is 2.79. The highest BCUT2D eigenvalue weighted by Crippen LogP contribution is 2.48. The Labute approximate surface area is 155 Å². The number of sulfone groups is 1. The van der Waals surface area contributed by atoms with Gasteiger partial charge in [0.1, 0.15) is 23.7 Å². The van der Waals surface area contributed by atoms with E-state index in [0.29, 0.717) is 12.0 Å². The summed E-state index contributed by atoms with van der Waals surface area (Å²) < 4.78 is 29.0. The van der Waals surface area contributed by atoms with Crippen molar-refractivity contribution in [1.29, 1.82) is 0 Å². The number of nitrogens with two attached hydrogens (primary N) is 2. The molecule has 27 heavy (non-hydrogen) atoms. The number of rotatable bonds is 5. The quantitative estimate of drug-likeness (QED) is 0.363. The molecule has 2 fully saturated rings. The van der Waals surface area contributed by atoms with Crippen LogP contribution in [0.25, 0.3) is 6.08 Å². The number of pyridine rings is 1. The molecule has 0 radical (unpaired) electrons. The Morgan fingerprint density at radius 3 is 2.78 bits per heavy atom. The molecule has 0 aliphatic carbocycles. The van der Waals surface area contributed by atoms with E-state index >= 15 is 0 Å². The van der Waals surface area contributed by atoms with Crippen LogP contribution in [0.2, 0.25) is 0 Å². The first kappa shape index (κ1) is 19.0. The standard InChI is InChI=1S/C16H18N4O6S/c1-16(8-26-15(18)23)12(7-21)20-13(22)11(14(20)27(16,24)25)5-10-4-9(6-17)2-3-19-10/h2-5,7,12,14H,6,8,17H2,1H3,(H2,18,23)/b11-5-/t12-,14?,16?/m0/s1. The normalized spacial score (nSPS) is 29.9. The van der Waals surface area contributed by atoms with Crippen LogP contribution >= 0.6 is 0 Å². The molecule has 0 saturated carbocycles. The van der Waals surface area contributed by atoms with Gasteiger partial charge in [0.25, 0.3) is 5.91 Å². The third-order valence-electron chi connectivity index (χ3n) is 4.88. The highest BCUT2D eigenvalue weighted by molar-refractivity contribution is 7.94. The number of amides is 2. The zero-order valence-electron chi connectivity index (χ0n) is 14.4. The molecule has 11 heteroatoms. The Morgan fingerprint density at radius 2 is 2.19 bits per heavy atom. The molecule has 0 aromatic carbocycles. The highest BCUT2D eigenvalue weighted by atomic mass is 32.2. The summed E-state index contributed by atoms with van der Waals surface area (Å²) in [6.45, 7) is 0.875. The van der Waals surface area contributed by atoms with Crippen LogP contribution in [-0.2, 0) is 30.7 Å². The summed E-state index contributed by atoms with van der Waals surface area (Å²) in [5.74, 6) is -0.594. The molecule has 10 nitrogen and oxygen atoms in total. The van der Waals surface area contributed by atoms with E-state index in [1.807, 2.05) is 0 Å². The number of hydrogen-bond donors (Lipinski definition) is 2. The van der Waals surface area contributed by atoms with Crippen molar-refractivity contribution in [1.82, 2.24) is 9.88 Å². The van der Waals surface area contributed by atoms with Crippen molar-refractivity contribution in [3.8, 4) is 0 Å². The highest BCUT2D eigenvalue weighted by Gasteiger charge is 2.70. The van der Waals surface area contributed by atoms with E-state index in [2.05, 4.69) is 9.72 Å². The number of aromatic nitrogens is 1. The van der Waals surface area contributed by atoms with Gasteiger partial charge in [-0.05, 0) is 30.7 Å². The van der Waals surface area contributed by atoms with E-state index in [1.165, 1.54) is 19.2 Å². The number of carbonyl (C=O) groups is 3. The first-order valence-electron chi connectivity index (χ1n) is 7.97. The number of nitrogens with zero attached hydrogens (tertiary/aromatic N) is 2. The van der Waals surface area contributed by atoms with Gasteiger partial charge >= 0.3 is 6.09 Å². The summed E-state index contributed by atoms with van der Waals surface area (Å²) >= 11 is 0. The topological polar surface area (TPSA) is 163 Å². The molecule has 3 rings (SSSR count). The van der Waals surface area contributed by atoms with Crippen LogP contribution in [-0.4, -0.2) is 59.4 Å². The third-order valence-corrected chi connectivity index (χ3v) is 7.61. The van der Waals surface area contributed by atoms with E-state index in [9.17, 15) is 22.8 Å². The van der Waals surface area contributed by atoms with Crippen molar-refractivity contribution in [2.45, 2.75) is 29.6 Å². The van der Waals surface area contributed by atoms with Crippen LogP contribution in [0, 0.1) is 0 Å². The second-order valence-corrected chi connectivity index (χ2v) is 8.97. The van der Waals surface area contributed by atoms with Gasteiger partial charge < -0.3 is 25.9 Å². The van der Waals surface area contributed by atoms with Crippen molar-refractivity contribution >= 4 is 34.2 Å². The second-order valence-electron chi connectivity index (χ2n) is 6.50. The Hall–Kier alpha value is -2.79. The van der Waals surface area contributed by atoms with Gasteiger partial charge in [-0.25, -0.2) is 13.2 Å². The Bertz CT molecular complexity index is 959. The Morgan fingerprint density at radius 1 is 1.48 bits per heavy atom. The van der Waals surface area contributed by atoms with Gasteiger partial charge in [0.2, 0.25) is 0 Å². The van der Waals surface area contributed by atoms with Gasteiger partial charge in [-0.1, -0.05) is 0 Å². The van der Waals surface area contributed by atoms with Crippen molar-refractivity contribution in [3.05, 3.63) is 35.2 Å². The molecule has 2 saturated heterocycles. The summed E-state index contributed by atoms with van der Waals surface area (Å²) in [6.07, 6.45) is 2.06. The van der Waals surface area contributed by atoms with Crippen LogP contribution in [0.4, 0.5) is 4.79 Å². The van der Waals surface area contributed by atoms with Crippen molar-refractivity contribution in [2.24, 2.45) is 11.5 Å². The van der Waals surface area contributed by atoms with Gasteiger partial charge in [0, 0.05) is 12.7 Å².